The Morgan fingerprint density at radius 3 is 2.61 bits per heavy atom. The number of aryl methyl sites for hydroxylation is 3. The minimum absolute atomic E-state index is 0.206. The minimum atomic E-state index is -0.549. The molecule has 8 nitrogen and oxygen atoms in total. The Kier molecular flexibility index (Phi) is 5.32. The number of hydrogen-bond donors (Lipinski definition) is 1. The van der Waals surface area contributed by atoms with E-state index in [4.69, 9.17) is 16.3 Å². The third-order valence-electron chi connectivity index (χ3n) is 3.98. The van der Waals surface area contributed by atoms with Gasteiger partial charge in [0, 0.05) is 30.4 Å². The van der Waals surface area contributed by atoms with Gasteiger partial charge >= 0.3 is 0 Å². The molecule has 0 spiro atoms. The molecule has 0 radical (unpaired) electrons. The van der Waals surface area contributed by atoms with Gasteiger partial charge in [0.2, 0.25) is 0 Å². The van der Waals surface area contributed by atoms with Crippen molar-refractivity contribution in [2.24, 2.45) is 7.05 Å². The lowest BCUT2D eigenvalue weighted by atomic mass is 10.2. The van der Waals surface area contributed by atoms with E-state index >= 15 is 0 Å². The van der Waals surface area contributed by atoms with Crippen LogP contribution in [0.1, 0.15) is 21.6 Å². The number of carbonyl (C=O) groups is 1. The van der Waals surface area contributed by atoms with Crippen LogP contribution in [0, 0.1) is 24.0 Å². The average molecular weight is 401 g/mol. The number of ether oxygens (including phenoxy) is 1. The van der Waals surface area contributed by atoms with Crippen LogP contribution >= 0.6 is 11.6 Å². The molecule has 1 amide bonds. The number of hydrogen-bond acceptors (Lipinski definition) is 5. The summed E-state index contributed by atoms with van der Waals surface area (Å²) < 4.78 is 7.30. The van der Waals surface area contributed by atoms with Crippen molar-refractivity contribution in [1.29, 1.82) is 0 Å². The van der Waals surface area contributed by atoms with Gasteiger partial charge < -0.3 is 10.1 Å². The highest BCUT2D eigenvalue weighted by Gasteiger charge is 2.17. The van der Waals surface area contributed by atoms with Crippen molar-refractivity contribution in [2.45, 2.75) is 13.8 Å². The van der Waals surface area contributed by atoms with Crippen LogP contribution in [0.4, 0.5) is 11.4 Å². The van der Waals surface area contributed by atoms with E-state index in [-0.39, 0.29) is 17.1 Å². The van der Waals surface area contributed by atoms with Gasteiger partial charge in [0.05, 0.1) is 27.9 Å². The van der Waals surface area contributed by atoms with Gasteiger partial charge in [0.15, 0.2) is 0 Å². The summed E-state index contributed by atoms with van der Waals surface area (Å²) in [6, 6.07) is 9.14. The maximum absolute atomic E-state index is 12.5. The van der Waals surface area contributed by atoms with Crippen molar-refractivity contribution in [3.63, 3.8) is 0 Å². The van der Waals surface area contributed by atoms with Crippen molar-refractivity contribution in [3.05, 3.63) is 74.6 Å². The number of non-ortho nitro benzene ring substituents is 1. The van der Waals surface area contributed by atoms with Gasteiger partial charge in [-0.1, -0.05) is 11.6 Å². The van der Waals surface area contributed by atoms with Crippen molar-refractivity contribution < 1.29 is 14.5 Å². The van der Waals surface area contributed by atoms with Gasteiger partial charge in [-0.15, -0.1) is 0 Å². The molecule has 9 heteroatoms. The molecule has 1 N–H and O–H groups in total. The number of aromatic nitrogens is 2. The molecule has 0 fully saturated rings. The Morgan fingerprint density at radius 2 is 2.00 bits per heavy atom. The number of amides is 1. The van der Waals surface area contributed by atoms with Crippen molar-refractivity contribution in [2.75, 3.05) is 5.32 Å². The molecule has 0 saturated carbocycles. The Morgan fingerprint density at radius 1 is 1.25 bits per heavy atom. The van der Waals surface area contributed by atoms with E-state index < -0.39 is 10.8 Å². The van der Waals surface area contributed by atoms with Gasteiger partial charge in [-0.05, 0) is 37.6 Å². The van der Waals surface area contributed by atoms with Crippen LogP contribution in [-0.4, -0.2) is 20.6 Å². The average Bonchev–Trinajstić information content (AvgIpc) is 2.95. The molecule has 0 aliphatic heterocycles. The molecule has 0 aliphatic carbocycles. The molecule has 144 valence electrons. The zero-order chi connectivity index (χ0) is 20.4. The smallest absolute Gasteiger partial charge is 0.275 e. The zero-order valence-corrected chi connectivity index (χ0v) is 16.1. The fourth-order valence-electron chi connectivity index (χ4n) is 2.70. The molecule has 1 heterocycles. The highest BCUT2D eigenvalue weighted by atomic mass is 35.5. The molecule has 0 atom stereocenters. The molecule has 0 saturated heterocycles. The van der Waals surface area contributed by atoms with Crippen LogP contribution < -0.4 is 10.1 Å². The van der Waals surface area contributed by atoms with Gasteiger partial charge in [0.1, 0.15) is 11.5 Å². The zero-order valence-electron chi connectivity index (χ0n) is 15.4. The van der Waals surface area contributed by atoms with Crippen LogP contribution in [0.25, 0.3) is 0 Å². The van der Waals surface area contributed by atoms with Crippen molar-refractivity contribution in [3.8, 4) is 11.5 Å². The molecule has 0 aliphatic rings. The number of nitrogens with zero attached hydrogens (tertiary/aromatic N) is 3. The molecule has 3 rings (SSSR count). The summed E-state index contributed by atoms with van der Waals surface area (Å²) in [5, 5.41) is 18.6. The van der Waals surface area contributed by atoms with E-state index in [0.717, 1.165) is 5.56 Å². The number of rotatable bonds is 5. The molecule has 0 unspecified atom stereocenters. The number of nitro groups is 1. The first-order chi connectivity index (χ1) is 13.2. The lowest BCUT2D eigenvalue weighted by Crippen LogP contribution is -2.12. The summed E-state index contributed by atoms with van der Waals surface area (Å²) in [7, 11) is 1.71. The summed E-state index contributed by atoms with van der Waals surface area (Å²) >= 11 is 5.94. The fourth-order valence-corrected chi connectivity index (χ4v) is 2.92. The third-order valence-corrected chi connectivity index (χ3v) is 4.22. The summed E-state index contributed by atoms with van der Waals surface area (Å²) in [4.78, 5) is 23.2. The second-order valence-corrected chi connectivity index (χ2v) is 6.68. The first-order valence-corrected chi connectivity index (χ1v) is 8.66. The first kappa shape index (κ1) is 19.4. The summed E-state index contributed by atoms with van der Waals surface area (Å²) in [5.41, 5.74) is 1.74. The van der Waals surface area contributed by atoms with E-state index in [1.807, 2.05) is 6.92 Å². The topological polar surface area (TPSA) is 99.3 Å². The molecule has 3 aromatic rings. The van der Waals surface area contributed by atoms with Crippen LogP contribution in [-0.2, 0) is 7.05 Å². The maximum atomic E-state index is 12.5. The van der Waals surface area contributed by atoms with Crippen LogP contribution in [0.5, 0.6) is 11.5 Å². The molecule has 0 bridgehead atoms. The number of anilines is 1. The van der Waals surface area contributed by atoms with Crippen molar-refractivity contribution >= 4 is 28.9 Å². The van der Waals surface area contributed by atoms with Gasteiger partial charge in [-0.3, -0.25) is 19.6 Å². The SMILES string of the molecule is Cc1cc(Cl)ccc1Oc1cc(NC(=O)c2cn(C)nc2C)cc([N+](=O)[O-])c1. The summed E-state index contributed by atoms with van der Waals surface area (Å²) in [6.45, 7) is 3.52. The maximum Gasteiger partial charge on any atom is 0.275 e. The van der Waals surface area contributed by atoms with Crippen LogP contribution in [0.2, 0.25) is 5.02 Å². The number of halogens is 1. The Bertz CT molecular complexity index is 1080. The monoisotopic (exact) mass is 400 g/mol. The summed E-state index contributed by atoms with van der Waals surface area (Å²) in [5.74, 6) is 0.308. The van der Waals surface area contributed by atoms with E-state index in [9.17, 15) is 14.9 Å². The Hall–Kier alpha value is -3.39. The second-order valence-electron chi connectivity index (χ2n) is 6.24. The number of carbonyl (C=O) groups excluding carboxylic acids is 1. The van der Waals surface area contributed by atoms with Crippen LogP contribution in [0.3, 0.4) is 0 Å². The van der Waals surface area contributed by atoms with E-state index in [0.29, 0.717) is 22.0 Å². The van der Waals surface area contributed by atoms with Crippen LogP contribution in [0.15, 0.2) is 42.6 Å². The largest absolute Gasteiger partial charge is 0.457 e. The highest BCUT2D eigenvalue weighted by molar-refractivity contribution is 6.30. The Labute approximate surface area is 165 Å². The minimum Gasteiger partial charge on any atom is -0.457 e. The fraction of sp³-hybridized carbons (Fsp3) is 0.158. The summed E-state index contributed by atoms with van der Waals surface area (Å²) in [6.07, 6.45) is 1.58. The van der Waals surface area contributed by atoms with E-state index in [2.05, 4.69) is 10.4 Å². The normalized spacial score (nSPS) is 10.6. The van der Waals surface area contributed by atoms with Gasteiger partial charge in [-0.2, -0.15) is 5.10 Å². The first-order valence-electron chi connectivity index (χ1n) is 8.28. The predicted molar refractivity (Wildman–Crippen MR) is 105 cm³/mol. The van der Waals surface area contributed by atoms with E-state index in [1.54, 1.807) is 38.4 Å². The standard InChI is InChI=1S/C19H17ClN4O4/c1-11-6-13(20)4-5-18(11)28-16-8-14(7-15(9-16)24(26)27)21-19(25)17-10-23(3)22-12(17)2/h4-10H,1-3H3,(H,21,25). The predicted octanol–water partition coefficient (Wildman–Crippen LogP) is 4.64. The molecular weight excluding hydrogens is 384 g/mol. The third kappa shape index (κ3) is 4.29. The number of benzene rings is 2. The molecule has 2 aromatic carbocycles. The van der Waals surface area contributed by atoms with Gasteiger partial charge in [0.25, 0.3) is 11.6 Å². The quantitative estimate of drug-likeness (QED) is 0.496. The van der Waals surface area contributed by atoms with Gasteiger partial charge in [-0.25, -0.2) is 0 Å². The molecule has 28 heavy (non-hydrogen) atoms. The lowest BCUT2D eigenvalue weighted by molar-refractivity contribution is -0.384. The lowest BCUT2D eigenvalue weighted by Gasteiger charge is -2.11. The molecule has 1 aromatic heterocycles. The Balaban J connectivity index is 1.92. The second kappa shape index (κ2) is 7.69. The number of nitro benzene ring substituents is 1. The van der Waals surface area contributed by atoms with Crippen molar-refractivity contribution in [1.82, 2.24) is 9.78 Å². The highest BCUT2D eigenvalue weighted by Crippen LogP contribution is 2.32. The number of nitrogens with one attached hydrogen (secondary N) is 1. The molecular formula is C19H17ClN4O4. The van der Waals surface area contributed by atoms with E-state index in [1.165, 1.54) is 22.9 Å².